The van der Waals surface area contributed by atoms with Gasteiger partial charge in [-0.15, -0.1) is 0 Å². The van der Waals surface area contributed by atoms with Crippen molar-refractivity contribution in [1.29, 1.82) is 0 Å². The first-order valence-electron chi connectivity index (χ1n) is 17.9. The molecule has 2 N–H and O–H groups in total. The molecule has 2 atom stereocenters. The van der Waals surface area contributed by atoms with Gasteiger partial charge in [-0.3, -0.25) is 19.4 Å². The van der Waals surface area contributed by atoms with E-state index in [0.29, 0.717) is 27.8 Å². The standard InChI is InChI=1S/C42H40Cl2N6O4/c1-27(2)50(42(54)45-23-29-17-20-35(43)36(44)21-29)48-26-39(51)49-37(22-28-15-18-33(19-16-28)46-40(52)31-10-4-3-5-11-31)41(53)47(25-38(48)49)24-32-13-8-12-30-9-6-7-14-34(30)32/h3-21,27,37-38H,22-26H2,1-2H3,(H,45,54)(H,46,52)/t37-,38+/m0/s1. The number of amides is 5. The van der Waals surface area contributed by atoms with Gasteiger partial charge in [0, 0.05) is 36.8 Å². The van der Waals surface area contributed by atoms with Crippen molar-refractivity contribution in [2.45, 2.75) is 51.6 Å². The Bertz CT molecular complexity index is 2190. The van der Waals surface area contributed by atoms with E-state index in [4.69, 9.17) is 23.2 Å². The zero-order chi connectivity index (χ0) is 37.9. The molecule has 2 aliphatic heterocycles. The second-order valence-electron chi connectivity index (χ2n) is 13.8. The Hall–Kier alpha value is -5.42. The summed E-state index contributed by atoms with van der Waals surface area (Å²) in [6.45, 7) is 4.45. The molecule has 5 amide bonds. The summed E-state index contributed by atoms with van der Waals surface area (Å²) in [5, 5.41) is 12.2. The zero-order valence-electron chi connectivity index (χ0n) is 29.9. The fourth-order valence-electron chi connectivity index (χ4n) is 7.30. The Kier molecular flexibility index (Phi) is 10.9. The smallest absolute Gasteiger partial charge is 0.332 e. The van der Waals surface area contributed by atoms with Crippen LogP contribution in [0, 0.1) is 0 Å². The highest BCUT2D eigenvalue weighted by Gasteiger charge is 2.52. The van der Waals surface area contributed by atoms with Crippen molar-refractivity contribution >= 4 is 63.4 Å². The van der Waals surface area contributed by atoms with Gasteiger partial charge in [0.05, 0.1) is 23.1 Å². The molecule has 2 saturated heterocycles. The third-order valence-electron chi connectivity index (χ3n) is 9.89. The Balaban J connectivity index is 1.16. The van der Waals surface area contributed by atoms with E-state index in [0.717, 1.165) is 27.5 Å². The molecule has 7 rings (SSSR count). The molecule has 0 radical (unpaired) electrons. The molecule has 10 nitrogen and oxygen atoms in total. The topological polar surface area (TPSA) is 105 Å². The van der Waals surface area contributed by atoms with Crippen LogP contribution in [0.1, 0.15) is 40.9 Å². The molecule has 0 saturated carbocycles. The van der Waals surface area contributed by atoms with Gasteiger partial charge in [0.2, 0.25) is 11.8 Å². The first-order chi connectivity index (χ1) is 26.1. The number of piperazine rings is 1. The van der Waals surface area contributed by atoms with Gasteiger partial charge in [0.25, 0.3) is 5.91 Å². The molecule has 2 aliphatic rings. The molecule has 0 aromatic heterocycles. The number of nitrogens with one attached hydrogen (secondary N) is 2. The van der Waals surface area contributed by atoms with Gasteiger partial charge in [0.1, 0.15) is 12.2 Å². The summed E-state index contributed by atoms with van der Waals surface area (Å²) in [4.78, 5) is 58.6. The largest absolute Gasteiger partial charge is 0.333 e. The van der Waals surface area contributed by atoms with Gasteiger partial charge in [-0.1, -0.05) is 102 Å². The molecule has 2 fully saturated rings. The van der Waals surface area contributed by atoms with Gasteiger partial charge in [-0.05, 0) is 77.7 Å². The van der Waals surface area contributed by atoms with Gasteiger partial charge in [-0.25, -0.2) is 4.79 Å². The van der Waals surface area contributed by atoms with Crippen LogP contribution in [0.15, 0.2) is 115 Å². The Labute approximate surface area is 324 Å². The lowest BCUT2D eigenvalue weighted by Crippen LogP contribution is -2.66. The maximum Gasteiger partial charge on any atom is 0.332 e. The summed E-state index contributed by atoms with van der Waals surface area (Å²) in [6, 6.07) is 34.0. The van der Waals surface area contributed by atoms with E-state index in [1.807, 2.05) is 74.5 Å². The van der Waals surface area contributed by atoms with Crippen LogP contribution in [0.5, 0.6) is 0 Å². The number of fused-ring (bicyclic) bond motifs is 2. The second kappa shape index (κ2) is 15.9. The van der Waals surface area contributed by atoms with Crippen molar-refractivity contribution in [1.82, 2.24) is 25.1 Å². The predicted octanol–water partition coefficient (Wildman–Crippen LogP) is 7.36. The van der Waals surface area contributed by atoms with Crippen LogP contribution in [-0.2, 0) is 29.1 Å². The normalized spacial score (nSPS) is 17.2. The lowest BCUT2D eigenvalue weighted by molar-refractivity contribution is -0.158. The predicted molar refractivity (Wildman–Crippen MR) is 211 cm³/mol. The maximum absolute atomic E-state index is 14.5. The number of halogens is 2. The molecular formula is C42H40Cl2N6O4. The van der Waals surface area contributed by atoms with E-state index in [1.54, 1.807) is 74.4 Å². The highest BCUT2D eigenvalue weighted by atomic mass is 35.5. The molecule has 0 unspecified atom stereocenters. The van der Waals surface area contributed by atoms with Gasteiger partial charge in [0.15, 0.2) is 0 Å². The summed E-state index contributed by atoms with van der Waals surface area (Å²) in [7, 11) is 0. The molecular weight excluding hydrogens is 723 g/mol. The molecule has 54 heavy (non-hydrogen) atoms. The van der Waals surface area contributed by atoms with Crippen molar-refractivity contribution in [2.75, 3.05) is 18.4 Å². The third-order valence-corrected chi connectivity index (χ3v) is 10.6. The summed E-state index contributed by atoms with van der Waals surface area (Å²) < 4.78 is 0. The van der Waals surface area contributed by atoms with Crippen LogP contribution < -0.4 is 10.6 Å². The number of hydrogen-bond donors (Lipinski definition) is 2. The molecule has 5 aromatic carbocycles. The van der Waals surface area contributed by atoms with Crippen molar-refractivity contribution in [3.05, 3.63) is 148 Å². The summed E-state index contributed by atoms with van der Waals surface area (Å²) in [5.74, 6) is -0.634. The van der Waals surface area contributed by atoms with E-state index >= 15 is 0 Å². The summed E-state index contributed by atoms with van der Waals surface area (Å²) in [5.41, 5.74) is 3.74. The molecule has 276 valence electrons. The number of carbonyl (C=O) groups excluding carboxylic acids is 4. The first-order valence-corrected chi connectivity index (χ1v) is 18.6. The zero-order valence-corrected chi connectivity index (χ0v) is 31.4. The third kappa shape index (κ3) is 7.77. The highest BCUT2D eigenvalue weighted by Crippen LogP contribution is 2.32. The lowest BCUT2D eigenvalue weighted by Gasteiger charge is -2.47. The van der Waals surface area contributed by atoms with Crippen LogP contribution in [-0.4, -0.2) is 74.9 Å². The van der Waals surface area contributed by atoms with E-state index in [9.17, 15) is 19.2 Å². The average Bonchev–Trinajstić information content (AvgIpc) is 3.49. The van der Waals surface area contributed by atoms with Crippen LogP contribution in [0.2, 0.25) is 10.0 Å². The van der Waals surface area contributed by atoms with Crippen LogP contribution in [0.25, 0.3) is 10.8 Å². The first kappa shape index (κ1) is 36.9. The number of carbonyl (C=O) groups is 4. The van der Waals surface area contributed by atoms with Gasteiger partial charge in [-0.2, -0.15) is 5.01 Å². The minimum atomic E-state index is -0.825. The van der Waals surface area contributed by atoms with Crippen molar-refractivity contribution < 1.29 is 19.2 Å². The van der Waals surface area contributed by atoms with Crippen molar-refractivity contribution in [3.63, 3.8) is 0 Å². The monoisotopic (exact) mass is 762 g/mol. The molecule has 12 heteroatoms. The second-order valence-corrected chi connectivity index (χ2v) is 14.6. The number of anilines is 1. The Morgan fingerprint density at radius 2 is 1.54 bits per heavy atom. The summed E-state index contributed by atoms with van der Waals surface area (Å²) in [6.07, 6.45) is -0.350. The number of hydrogen-bond acceptors (Lipinski definition) is 5. The van der Waals surface area contributed by atoms with Gasteiger partial charge >= 0.3 is 6.03 Å². The maximum atomic E-state index is 14.5. The van der Waals surface area contributed by atoms with Crippen molar-refractivity contribution in [2.24, 2.45) is 0 Å². The molecule has 0 aliphatic carbocycles. The number of rotatable bonds is 10. The minimum absolute atomic E-state index is 0.0701. The fraction of sp³-hybridized carbons (Fsp3) is 0.238. The Morgan fingerprint density at radius 1 is 0.833 bits per heavy atom. The fourth-order valence-corrected chi connectivity index (χ4v) is 7.62. The number of urea groups is 1. The van der Waals surface area contributed by atoms with E-state index in [-0.39, 0.29) is 55.8 Å². The average molecular weight is 764 g/mol. The van der Waals surface area contributed by atoms with E-state index < -0.39 is 12.2 Å². The minimum Gasteiger partial charge on any atom is -0.333 e. The van der Waals surface area contributed by atoms with Gasteiger partial charge < -0.3 is 20.4 Å². The SMILES string of the molecule is CC(C)N(C(=O)NCc1ccc(Cl)c(Cl)c1)N1CC(=O)N2[C@@H](Cc3ccc(NC(=O)c4ccccc4)cc3)C(=O)N(Cc3cccc4ccccc34)C[C@@H]21. The van der Waals surface area contributed by atoms with Crippen molar-refractivity contribution in [3.8, 4) is 0 Å². The van der Waals surface area contributed by atoms with Crippen LogP contribution >= 0.6 is 23.2 Å². The highest BCUT2D eigenvalue weighted by molar-refractivity contribution is 6.42. The molecule has 2 heterocycles. The summed E-state index contributed by atoms with van der Waals surface area (Å²) >= 11 is 12.3. The van der Waals surface area contributed by atoms with E-state index in [2.05, 4.69) is 10.6 Å². The number of nitrogens with zero attached hydrogens (tertiary/aromatic N) is 4. The number of hydrazine groups is 1. The van der Waals surface area contributed by atoms with E-state index in [1.165, 1.54) is 0 Å². The molecule has 5 aromatic rings. The lowest BCUT2D eigenvalue weighted by atomic mass is 9.98. The van der Waals surface area contributed by atoms with Crippen LogP contribution in [0.3, 0.4) is 0 Å². The quantitative estimate of drug-likeness (QED) is 0.155. The Morgan fingerprint density at radius 3 is 2.28 bits per heavy atom. The molecule has 0 bridgehead atoms. The van der Waals surface area contributed by atoms with Crippen LogP contribution in [0.4, 0.5) is 10.5 Å². The molecule has 0 spiro atoms. The number of benzene rings is 5.